The molecule has 1 amide bonds. The Morgan fingerprint density at radius 2 is 2.56 bits per heavy atom. The predicted molar refractivity (Wildman–Crippen MR) is 36.7 cm³/mol. The number of amides is 1. The van der Waals surface area contributed by atoms with Gasteiger partial charge in [-0.1, -0.05) is 0 Å². The van der Waals surface area contributed by atoms with E-state index >= 15 is 0 Å². The highest BCUT2D eigenvalue weighted by Gasteiger charge is 2.18. The highest BCUT2D eigenvalue weighted by atomic mass is 28.2. The molecule has 1 aliphatic heterocycles. The summed E-state index contributed by atoms with van der Waals surface area (Å²) in [5, 5.41) is 2.77. The van der Waals surface area contributed by atoms with Crippen molar-refractivity contribution in [3.05, 3.63) is 0 Å². The van der Waals surface area contributed by atoms with Gasteiger partial charge in [-0.25, -0.2) is 0 Å². The smallest absolute Gasteiger partial charge is 0.229 e. The Bertz CT molecular complexity index is 161. The van der Waals surface area contributed by atoms with Gasteiger partial charge in [0, 0.05) is 6.54 Å². The molecule has 1 atom stereocenters. The van der Waals surface area contributed by atoms with Crippen LogP contribution in [0.4, 0.5) is 0 Å². The Hall–Kier alpha value is -0.533. The molecule has 1 unspecified atom stereocenters. The average molecular weight is 139 g/mol. The normalized spacial score (nSPS) is 26.6. The molecule has 1 N–H and O–H groups in total. The van der Waals surface area contributed by atoms with Crippen molar-refractivity contribution in [1.82, 2.24) is 5.32 Å². The van der Waals surface area contributed by atoms with Crippen LogP contribution in [0, 0.1) is 6.00 Å². The lowest BCUT2D eigenvalue weighted by molar-refractivity contribution is -0.122. The number of piperidine rings is 1. The summed E-state index contributed by atoms with van der Waals surface area (Å²) in [6.45, 7) is 0.833. The molecule has 0 aromatic rings. The van der Waals surface area contributed by atoms with Gasteiger partial charge in [0.1, 0.15) is 0 Å². The van der Waals surface area contributed by atoms with Crippen LogP contribution < -0.4 is 5.32 Å². The van der Waals surface area contributed by atoms with Crippen molar-refractivity contribution < 1.29 is 4.79 Å². The van der Waals surface area contributed by atoms with Crippen LogP contribution in [0.3, 0.4) is 0 Å². The van der Waals surface area contributed by atoms with E-state index in [0.717, 1.165) is 19.4 Å². The molecule has 1 fully saturated rings. The summed E-state index contributed by atoms with van der Waals surface area (Å²) in [6.07, 6.45) is 2.06. The number of hydrogen-bond acceptors (Lipinski definition) is 1. The molecule has 1 rings (SSSR count). The second kappa shape index (κ2) is 2.85. The Kier molecular flexibility index (Phi) is 2.09. The van der Waals surface area contributed by atoms with E-state index in [1.54, 1.807) is 0 Å². The molecule has 0 bridgehead atoms. The van der Waals surface area contributed by atoms with Crippen molar-refractivity contribution in [2.45, 2.75) is 18.4 Å². The molecule has 2 nitrogen and oxygen atoms in total. The van der Waals surface area contributed by atoms with Gasteiger partial charge >= 0.3 is 0 Å². The first-order valence-electron chi connectivity index (χ1n) is 3.08. The largest absolute Gasteiger partial charge is 0.355 e. The summed E-state index contributed by atoms with van der Waals surface area (Å²) in [7, 11) is 0.275. The number of nitrogens with one attached hydrogen (secondary N) is 1. The first-order chi connectivity index (χ1) is 4.34. The molecule has 1 aliphatic rings. The molecular formula is C6H9NOSi. The van der Waals surface area contributed by atoms with E-state index in [1.807, 2.05) is 0 Å². The van der Waals surface area contributed by atoms with E-state index in [4.69, 9.17) is 6.00 Å². The Morgan fingerprint density at radius 3 is 3.00 bits per heavy atom. The van der Waals surface area contributed by atoms with Crippen molar-refractivity contribution in [3.63, 3.8) is 0 Å². The Labute approximate surface area is 56.7 Å². The monoisotopic (exact) mass is 139 g/mol. The molecule has 48 valence electrons. The first kappa shape index (κ1) is 6.58. The van der Waals surface area contributed by atoms with E-state index in [0.29, 0.717) is 0 Å². The van der Waals surface area contributed by atoms with Crippen LogP contribution in [0.2, 0.25) is 5.54 Å². The van der Waals surface area contributed by atoms with Crippen LogP contribution in [0.1, 0.15) is 12.8 Å². The fourth-order valence-corrected chi connectivity index (χ4v) is 1.56. The van der Waals surface area contributed by atoms with Gasteiger partial charge in [-0.2, -0.15) is 6.00 Å². The molecule has 0 saturated carbocycles. The summed E-state index contributed by atoms with van der Waals surface area (Å²) >= 11 is 0. The van der Waals surface area contributed by atoms with Crippen molar-refractivity contribution in [3.8, 4) is 6.00 Å². The fraction of sp³-hybridized carbons (Fsp3) is 0.667. The molecule has 0 radical (unpaired) electrons. The van der Waals surface area contributed by atoms with E-state index in [1.165, 1.54) is 0 Å². The molecule has 0 aromatic carbocycles. The maximum absolute atomic E-state index is 10.8. The molecular weight excluding hydrogens is 130 g/mol. The zero-order chi connectivity index (χ0) is 6.69. The Morgan fingerprint density at radius 1 is 1.78 bits per heavy atom. The molecule has 0 spiro atoms. The van der Waals surface area contributed by atoms with Gasteiger partial charge in [0.2, 0.25) is 5.91 Å². The lowest BCUT2D eigenvalue weighted by atomic mass is 10.1. The van der Waals surface area contributed by atoms with Crippen LogP contribution in [0.25, 0.3) is 0 Å². The minimum atomic E-state index is 0.110. The van der Waals surface area contributed by atoms with Gasteiger partial charge < -0.3 is 5.32 Å². The van der Waals surface area contributed by atoms with E-state index in [-0.39, 0.29) is 20.4 Å². The van der Waals surface area contributed by atoms with Crippen molar-refractivity contribution >= 4 is 14.9 Å². The molecule has 0 aromatic heterocycles. The van der Waals surface area contributed by atoms with Crippen molar-refractivity contribution in [2.24, 2.45) is 0 Å². The van der Waals surface area contributed by atoms with Crippen LogP contribution in [0.15, 0.2) is 0 Å². The van der Waals surface area contributed by atoms with Crippen molar-refractivity contribution in [2.75, 3.05) is 6.54 Å². The third-order valence-corrected chi connectivity index (χ3v) is 2.44. The minimum Gasteiger partial charge on any atom is -0.355 e. The highest BCUT2D eigenvalue weighted by Crippen LogP contribution is 2.12. The number of rotatable bonds is 0. The zero-order valence-corrected chi connectivity index (χ0v) is 6.18. The lowest BCUT2D eigenvalue weighted by Crippen LogP contribution is -2.33. The summed E-state index contributed by atoms with van der Waals surface area (Å²) < 4.78 is 0. The minimum absolute atomic E-state index is 0.110. The molecule has 3 heteroatoms. The second-order valence-corrected chi connectivity index (χ2v) is 3.18. The average Bonchev–Trinajstić information content (AvgIpc) is 1.89. The Balaban J connectivity index is 2.51. The molecule has 1 saturated heterocycles. The van der Waals surface area contributed by atoms with Crippen molar-refractivity contribution in [1.29, 1.82) is 0 Å². The van der Waals surface area contributed by atoms with E-state index < -0.39 is 0 Å². The highest BCUT2D eigenvalue weighted by molar-refractivity contribution is 6.33. The third-order valence-electron chi connectivity index (χ3n) is 1.49. The molecule has 9 heavy (non-hydrogen) atoms. The maximum atomic E-state index is 10.8. The lowest BCUT2D eigenvalue weighted by Gasteiger charge is -2.16. The van der Waals surface area contributed by atoms with Gasteiger partial charge in [-0.15, -0.1) is 0 Å². The van der Waals surface area contributed by atoms with Gasteiger partial charge in [0.15, 0.2) is 0 Å². The summed E-state index contributed by atoms with van der Waals surface area (Å²) in [4.78, 5) is 10.8. The fourth-order valence-electron chi connectivity index (χ4n) is 0.931. The van der Waals surface area contributed by atoms with Crippen LogP contribution in [-0.4, -0.2) is 21.4 Å². The third kappa shape index (κ3) is 1.44. The topological polar surface area (TPSA) is 29.1 Å². The van der Waals surface area contributed by atoms with Gasteiger partial charge in [0.05, 0.1) is 5.54 Å². The number of hydrogen-bond donors (Lipinski definition) is 1. The van der Waals surface area contributed by atoms with Crippen LogP contribution in [-0.2, 0) is 4.79 Å². The van der Waals surface area contributed by atoms with Gasteiger partial charge in [-0.3, -0.25) is 4.79 Å². The molecule has 0 aliphatic carbocycles. The SMILES string of the molecule is C#[Si]C1CCCNC1=O. The second-order valence-electron chi connectivity index (χ2n) is 2.15. The predicted octanol–water partition coefficient (Wildman–Crippen LogP) is -0.0219. The zero-order valence-electron chi connectivity index (χ0n) is 5.18. The van der Waals surface area contributed by atoms with Gasteiger partial charge in [-0.05, 0) is 21.8 Å². The quantitative estimate of drug-likeness (QED) is 0.469. The van der Waals surface area contributed by atoms with E-state index in [2.05, 4.69) is 5.32 Å². The summed E-state index contributed by atoms with van der Waals surface area (Å²) in [5.41, 5.74) is 0.110. The first-order valence-corrected chi connectivity index (χ1v) is 4.24. The van der Waals surface area contributed by atoms with E-state index in [9.17, 15) is 4.79 Å². The van der Waals surface area contributed by atoms with Crippen LogP contribution >= 0.6 is 0 Å². The summed E-state index contributed by atoms with van der Waals surface area (Å²) in [5.74, 6) is 0.141. The van der Waals surface area contributed by atoms with Crippen LogP contribution in [0.5, 0.6) is 0 Å². The maximum Gasteiger partial charge on any atom is 0.229 e. The molecule has 1 heterocycles. The summed E-state index contributed by atoms with van der Waals surface area (Å²) in [6, 6.07) is 5.36. The van der Waals surface area contributed by atoms with Gasteiger partial charge in [0.25, 0.3) is 0 Å². The standard InChI is InChI=1S/C6H9NOSi/c1-9-5-3-2-4-7-6(5)8/h1,5H,2-4H2,(H,7,8). The number of carbonyl (C=O) groups is 1. The number of carbonyl (C=O) groups excluding carboxylic acids is 1.